The van der Waals surface area contributed by atoms with Gasteiger partial charge in [0.05, 0.1) is 25.3 Å². The minimum absolute atomic E-state index is 0.448. The average molecular weight is 366 g/mol. The summed E-state index contributed by atoms with van der Waals surface area (Å²) in [6.07, 6.45) is 1.64. The van der Waals surface area contributed by atoms with E-state index >= 15 is 0 Å². The fourth-order valence-corrected chi connectivity index (χ4v) is 2.85. The molecule has 0 saturated heterocycles. The monoisotopic (exact) mass is 365 g/mol. The molecule has 0 amide bonds. The van der Waals surface area contributed by atoms with Gasteiger partial charge in [-0.3, -0.25) is 4.99 Å². The van der Waals surface area contributed by atoms with Crippen LogP contribution in [0.5, 0.6) is 5.75 Å². The minimum Gasteiger partial charge on any atom is -0.497 e. The summed E-state index contributed by atoms with van der Waals surface area (Å²) in [5.74, 6) is 2.27. The Labute approximate surface area is 155 Å². The molecule has 2 aromatic carbocycles. The molecular formula is C21H16ClNO3. The minimum atomic E-state index is 0.448. The van der Waals surface area contributed by atoms with E-state index in [0.717, 1.165) is 39.2 Å². The second-order valence-corrected chi connectivity index (χ2v) is 6.20. The quantitative estimate of drug-likeness (QED) is 0.482. The van der Waals surface area contributed by atoms with Gasteiger partial charge in [0, 0.05) is 22.0 Å². The van der Waals surface area contributed by atoms with Crippen LogP contribution in [0.25, 0.3) is 22.3 Å². The van der Waals surface area contributed by atoms with Crippen LogP contribution in [0.4, 0.5) is 0 Å². The number of hydrogen-bond acceptors (Lipinski definition) is 4. The molecule has 5 heteroatoms. The number of halogens is 1. The van der Waals surface area contributed by atoms with Crippen LogP contribution < -0.4 is 10.1 Å². The molecule has 0 unspecified atom stereocenters. The van der Waals surface area contributed by atoms with Gasteiger partial charge >= 0.3 is 0 Å². The second-order valence-electron chi connectivity index (χ2n) is 5.76. The number of rotatable bonds is 4. The smallest absolute Gasteiger partial charge is 0.137 e. The van der Waals surface area contributed by atoms with Gasteiger partial charge in [-0.05, 0) is 54.6 Å². The van der Waals surface area contributed by atoms with Crippen molar-refractivity contribution in [3.8, 4) is 17.1 Å². The lowest BCUT2D eigenvalue weighted by molar-refractivity contribution is 0.415. The van der Waals surface area contributed by atoms with E-state index in [4.69, 9.17) is 30.2 Å². The molecule has 0 N–H and O–H groups in total. The fourth-order valence-electron chi connectivity index (χ4n) is 2.73. The largest absolute Gasteiger partial charge is 0.497 e. The van der Waals surface area contributed by atoms with Crippen molar-refractivity contribution >= 4 is 22.6 Å². The number of benzene rings is 2. The Hall–Kier alpha value is -2.98. The molecule has 0 aliphatic carbocycles. The summed E-state index contributed by atoms with van der Waals surface area (Å²) in [5, 5.41) is 2.38. The van der Waals surface area contributed by atoms with E-state index in [1.165, 1.54) is 0 Å². The maximum absolute atomic E-state index is 6.08. The maximum Gasteiger partial charge on any atom is 0.137 e. The van der Waals surface area contributed by atoms with Gasteiger partial charge in [-0.2, -0.15) is 0 Å². The zero-order valence-corrected chi connectivity index (χ0v) is 14.9. The van der Waals surface area contributed by atoms with E-state index in [1.54, 1.807) is 13.4 Å². The molecule has 0 radical (unpaired) electrons. The van der Waals surface area contributed by atoms with E-state index in [2.05, 4.69) is 0 Å². The molecule has 4 aromatic rings. The highest BCUT2D eigenvalue weighted by Gasteiger charge is 2.08. The Morgan fingerprint density at radius 1 is 1.04 bits per heavy atom. The first-order valence-corrected chi connectivity index (χ1v) is 8.51. The third-order valence-electron chi connectivity index (χ3n) is 4.06. The summed E-state index contributed by atoms with van der Waals surface area (Å²) in [7, 11) is 1.64. The SMILES string of the molecule is COc1ccc2oc(-c3ccc(Cl)cc3)cc(=NCc3ccco3)c2c1. The summed E-state index contributed by atoms with van der Waals surface area (Å²) >= 11 is 5.99. The number of ether oxygens (including phenoxy) is 1. The van der Waals surface area contributed by atoms with Crippen LogP contribution in [0.3, 0.4) is 0 Å². The number of methoxy groups -OCH3 is 1. The highest BCUT2D eigenvalue weighted by atomic mass is 35.5. The van der Waals surface area contributed by atoms with E-state index < -0.39 is 0 Å². The number of fused-ring (bicyclic) bond motifs is 1. The molecule has 0 fully saturated rings. The summed E-state index contributed by atoms with van der Waals surface area (Å²) in [4.78, 5) is 4.72. The Kier molecular flexibility index (Phi) is 4.50. The summed E-state index contributed by atoms with van der Waals surface area (Å²) in [6.45, 7) is 0.448. The molecular weight excluding hydrogens is 350 g/mol. The number of furan rings is 1. The molecule has 0 aliphatic heterocycles. The van der Waals surface area contributed by atoms with Crippen LogP contribution in [0.2, 0.25) is 5.02 Å². The summed E-state index contributed by atoms with van der Waals surface area (Å²) < 4.78 is 16.8. The average Bonchev–Trinajstić information content (AvgIpc) is 3.19. The van der Waals surface area contributed by atoms with Crippen LogP contribution in [0.1, 0.15) is 5.76 Å². The van der Waals surface area contributed by atoms with Crippen molar-refractivity contribution in [2.45, 2.75) is 6.54 Å². The van der Waals surface area contributed by atoms with Crippen molar-refractivity contribution < 1.29 is 13.6 Å². The summed E-state index contributed by atoms with van der Waals surface area (Å²) in [6, 6.07) is 18.9. The van der Waals surface area contributed by atoms with Crippen LogP contribution in [-0.2, 0) is 6.54 Å². The van der Waals surface area contributed by atoms with Gasteiger partial charge in [0.25, 0.3) is 0 Å². The lowest BCUT2D eigenvalue weighted by Gasteiger charge is -2.07. The van der Waals surface area contributed by atoms with Crippen LogP contribution in [-0.4, -0.2) is 7.11 Å². The van der Waals surface area contributed by atoms with Gasteiger partial charge in [-0.15, -0.1) is 0 Å². The zero-order valence-electron chi connectivity index (χ0n) is 14.1. The van der Waals surface area contributed by atoms with Crippen molar-refractivity contribution in [2.24, 2.45) is 4.99 Å². The molecule has 2 aromatic heterocycles. The second kappa shape index (κ2) is 7.10. The molecule has 0 saturated carbocycles. The van der Waals surface area contributed by atoms with Crippen molar-refractivity contribution in [2.75, 3.05) is 7.11 Å². The van der Waals surface area contributed by atoms with Crippen molar-refractivity contribution in [1.29, 1.82) is 0 Å². The first-order chi connectivity index (χ1) is 12.7. The molecule has 4 rings (SSSR count). The Balaban J connectivity index is 1.89. The molecule has 130 valence electrons. The normalized spacial score (nSPS) is 11.8. The molecule has 0 aliphatic rings. The maximum atomic E-state index is 6.08. The first kappa shape index (κ1) is 16.5. The van der Waals surface area contributed by atoms with E-state index in [-0.39, 0.29) is 0 Å². The van der Waals surface area contributed by atoms with E-state index in [9.17, 15) is 0 Å². The standard InChI is InChI=1S/C21H16ClNO3/c1-24-16-8-9-20-18(11-16)19(23-13-17-3-2-10-25-17)12-21(26-20)14-4-6-15(22)7-5-14/h2-12H,13H2,1H3. The molecule has 0 atom stereocenters. The van der Waals surface area contributed by atoms with Crippen molar-refractivity contribution in [3.05, 3.63) is 83.1 Å². The molecule has 26 heavy (non-hydrogen) atoms. The highest BCUT2D eigenvalue weighted by molar-refractivity contribution is 6.30. The predicted octanol–water partition coefficient (Wildman–Crippen LogP) is 5.46. The molecule has 0 bridgehead atoms. The number of hydrogen-bond donors (Lipinski definition) is 0. The van der Waals surface area contributed by atoms with Gasteiger partial charge in [0.2, 0.25) is 0 Å². The number of nitrogens with zero attached hydrogens (tertiary/aromatic N) is 1. The molecule has 4 nitrogen and oxygen atoms in total. The van der Waals surface area contributed by atoms with E-state index in [0.29, 0.717) is 11.6 Å². The first-order valence-electron chi connectivity index (χ1n) is 8.13. The zero-order chi connectivity index (χ0) is 17.9. The Morgan fingerprint density at radius 2 is 1.88 bits per heavy atom. The fraction of sp³-hybridized carbons (Fsp3) is 0.0952. The molecule has 0 spiro atoms. The van der Waals surface area contributed by atoms with Crippen LogP contribution in [0.15, 0.2) is 80.8 Å². The van der Waals surface area contributed by atoms with Gasteiger partial charge in [0.15, 0.2) is 0 Å². The predicted molar refractivity (Wildman–Crippen MR) is 101 cm³/mol. The van der Waals surface area contributed by atoms with Gasteiger partial charge in [-0.1, -0.05) is 11.6 Å². The van der Waals surface area contributed by atoms with E-state index in [1.807, 2.05) is 60.7 Å². The third-order valence-corrected chi connectivity index (χ3v) is 4.32. The van der Waals surface area contributed by atoms with Gasteiger partial charge in [0.1, 0.15) is 22.9 Å². The Bertz CT molecular complexity index is 1100. The van der Waals surface area contributed by atoms with Crippen molar-refractivity contribution in [1.82, 2.24) is 0 Å². The summed E-state index contributed by atoms with van der Waals surface area (Å²) in [5.41, 5.74) is 1.66. The lowest BCUT2D eigenvalue weighted by Crippen LogP contribution is -2.05. The van der Waals surface area contributed by atoms with Crippen LogP contribution in [0, 0.1) is 0 Å². The Morgan fingerprint density at radius 3 is 2.62 bits per heavy atom. The lowest BCUT2D eigenvalue weighted by atomic mass is 10.1. The third kappa shape index (κ3) is 3.37. The van der Waals surface area contributed by atoms with Crippen molar-refractivity contribution in [3.63, 3.8) is 0 Å². The molecule has 2 heterocycles. The highest BCUT2D eigenvalue weighted by Crippen LogP contribution is 2.25. The van der Waals surface area contributed by atoms with Gasteiger partial charge < -0.3 is 13.6 Å². The van der Waals surface area contributed by atoms with Gasteiger partial charge in [-0.25, -0.2) is 0 Å². The van der Waals surface area contributed by atoms with Crippen LogP contribution >= 0.6 is 11.6 Å². The topological polar surface area (TPSA) is 47.9 Å².